The fourth-order valence-electron chi connectivity index (χ4n) is 1.52. The Labute approximate surface area is 113 Å². The van der Waals surface area contributed by atoms with Crippen LogP contribution in [-0.2, 0) is 6.54 Å². The lowest BCUT2D eigenvalue weighted by molar-refractivity contribution is 0.397. The average molecular weight is 311 g/mol. The number of halogens is 2. The van der Waals surface area contributed by atoms with E-state index in [4.69, 9.17) is 4.74 Å². The van der Waals surface area contributed by atoms with E-state index >= 15 is 0 Å². The lowest BCUT2D eigenvalue weighted by Gasteiger charge is -2.09. The van der Waals surface area contributed by atoms with Gasteiger partial charge in [-0.05, 0) is 28.1 Å². The summed E-state index contributed by atoms with van der Waals surface area (Å²) in [7, 11) is 1.55. The molecule has 5 heteroatoms. The fraction of sp³-hybridized carbons (Fsp3) is 0.154. The van der Waals surface area contributed by atoms with E-state index in [9.17, 15) is 4.39 Å². The summed E-state index contributed by atoms with van der Waals surface area (Å²) in [5.74, 6) is 0.283. The van der Waals surface area contributed by atoms with Gasteiger partial charge in [0.05, 0.1) is 7.11 Å². The summed E-state index contributed by atoms with van der Waals surface area (Å²) in [6, 6.07) is 10.2. The molecule has 0 atom stereocenters. The minimum absolute atomic E-state index is 0.218. The van der Waals surface area contributed by atoms with Crippen molar-refractivity contribution in [2.24, 2.45) is 0 Å². The van der Waals surface area contributed by atoms with Gasteiger partial charge in [-0.2, -0.15) is 0 Å². The average Bonchev–Trinajstić information content (AvgIpc) is 2.37. The number of benzene rings is 1. The van der Waals surface area contributed by atoms with Crippen molar-refractivity contribution in [3.63, 3.8) is 0 Å². The van der Waals surface area contributed by atoms with Gasteiger partial charge in [-0.15, -0.1) is 0 Å². The zero-order chi connectivity index (χ0) is 13.0. The van der Waals surface area contributed by atoms with Crippen LogP contribution < -0.4 is 10.1 Å². The van der Waals surface area contributed by atoms with Crippen LogP contribution in [0.2, 0.25) is 0 Å². The first kappa shape index (κ1) is 12.8. The topological polar surface area (TPSA) is 34.1 Å². The number of nitrogens with one attached hydrogen (secondary N) is 1. The highest BCUT2D eigenvalue weighted by atomic mass is 79.9. The Morgan fingerprint density at radius 1 is 1.33 bits per heavy atom. The molecule has 1 aromatic carbocycles. The van der Waals surface area contributed by atoms with Crippen LogP contribution in [0.15, 0.2) is 41.0 Å². The monoisotopic (exact) mass is 310 g/mol. The smallest absolute Gasteiger partial charge is 0.216 e. The summed E-state index contributed by atoms with van der Waals surface area (Å²) in [5.41, 5.74) is 1.43. The molecule has 1 heterocycles. The molecule has 0 saturated carbocycles. The first-order chi connectivity index (χ1) is 8.69. The quantitative estimate of drug-likeness (QED) is 0.876. The van der Waals surface area contributed by atoms with Gasteiger partial charge >= 0.3 is 0 Å². The van der Waals surface area contributed by atoms with Crippen LogP contribution >= 0.6 is 15.9 Å². The molecule has 18 heavy (non-hydrogen) atoms. The molecule has 0 fully saturated rings. The Morgan fingerprint density at radius 3 is 2.83 bits per heavy atom. The highest BCUT2D eigenvalue weighted by Gasteiger charge is 2.03. The second kappa shape index (κ2) is 5.82. The van der Waals surface area contributed by atoms with Gasteiger partial charge < -0.3 is 10.1 Å². The molecular weight excluding hydrogens is 299 g/mol. The molecule has 1 N–H and O–H groups in total. The number of hydrogen-bond donors (Lipinski definition) is 1. The second-order valence-corrected chi connectivity index (χ2v) is 4.48. The number of pyridine rings is 1. The Kier molecular flexibility index (Phi) is 4.15. The molecule has 0 spiro atoms. The maximum absolute atomic E-state index is 13.4. The van der Waals surface area contributed by atoms with E-state index in [0.717, 1.165) is 5.69 Å². The molecule has 2 aromatic rings. The Bertz CT molecular complexity index is 548. The zero-order valence-corrected chi connectivity index (χ0v) is 11.4. The van der Waals surface area contributed by atoms with Crippen molar-refractivity contribution in [1.29, 1.82) is 0 Å². The van der Waals surface area contributed by atoms with Crippen LogP contribution in [0.3, 0.4) is 0 Å². The van der Waals surface area contributed by atoms with Crippen LogP contribution in [0.4, 0.5) is 10.1 Å². The summed E-state index contributed by atoms with van der Waals surface area (Å²) < 4.78 is 19.2. The predicted molar refractivity (Wildman–Crippen MR) is 72.2 cm³/mol. The SMILES string of the molecule is COc1cc(NCc2ccccc2F)cc(Br)n1. The van der Waals surface area contributed by atoms with E-state index in [-0.39, 0.29) is 5.82 Å². The maximum atomic E-state index is 13.4. The van der Waals surface area contributed by atoms with Crippen molar-refractivity contribution in [3.05, 3.63) is 52.4 Å². The summed E-state index contributed by atoms with van der Waals surface area (Å²) in [5, 5.41) is 3.13. The molecule has 0 bridgehead atoms. The summed E-state index contributed by atoms with van der Waals surface area (Å²) in [6.07, 6.45) is 0. The van der Waals surface area contributed by atoms with Crippen molar-refractivity contribution in [2.45, 2.75) is 6.54 Å². The lowest BCUT2D eigenvalue weighted by Crippen LogP contribution is -2.02. The molecular formula is C13H12BrFN2O. The number of ether oxygens (including phenoxy) is 1. The molecule has 0 aliphatic carbocycles. The van der Waals surface area contributed by atoms with Crippen LogP contribution in [-0.4, -0.2) is 12.1 Å². The van der Waals surface area contributed by atoms with Crippen molar-refractivity contribution in [2.75, 3.05) is 12.4 Å². The third-order valence-corrected chi connectivity index (χ3v) is 2.83. The highest BCUT2D eigenvalue weighted by molar-refractivity contribution is 9.10. The number of hydrogen-bond acceptors (Lipinski definition) is 3. The van der Waals surface area contributed by atoms with Crippen molar-refractivity contribution in [3.8, 4) is 5.88 Å². The Morgan fingerprint density at radius 2 is 2.11 bits per heavy atom. The predicted octanol–water partition coefficient (Wildman–Crippen LogP) is 3.60. The number of aromatic nitrogens is 1. The lowest BCUT2D eigenvalue weighted by atomic mass is 10.2. The van der Waals surface area contributed by atoms with Gasteiger partial charge in [0.15, 0.2) is 0 Å². The summed E-state index contributed by atoms with van der Waals surface area (Å²) in [4.78, 5) is 4.11. The van der Waals surface area contributed by atoms with Crippen LogP contribution in [0.25, 0.3) is 0 Å². The minimum Gasteiger partial charge on any atom is -0.481 e. The molecule has 94 valence electrons. The first-order valence-corrected chi connectivity index (χ1v) is 6.17. The molecule has 1 aromatic heterocycles. The van der Waals surface area contributed by atoms with Gasteiger partial charge in [0, 0.05) is 23.9 Å². The fourth-order valence-corrected chi connectivity index (χ4v) is 1.94. The van der Waals surface area contributed by atoms with Crippen molar-refractivity contribution < 1.29 is 9.13 Å². The maximum Gasteiger partial charge on any atom is 0.216 e. The van der Waals surface area contributed by atoms with Crippen LogP contribution in [0.1, 0.15) is 5.56 Å². The van der Waals surface area contributed by atoms with E-state index in [1.54, 1.807) is 25.3 Å². The normalized spacial score (nSPS) is 10.2. The van der Waals surface area contributed by atoms with E-state index in [1.807, 2.05) is 12.1 Å². The molecule has 0 aliphatic heterocycles. The van der Waals surface area contributed by atoms with Gasteiger partial charge in [-0.25, -0.2) is 9.37 Å². The number of rotatable bonds is 4. The van der Waals surface area contributed by atoms with E-state index in [0.29, 0.717) is 22.6 Å². The van der Waals surface area contributed by atoms with Gasteiger partial charge in [0.1, 0.15) is 10.4 Å². The van der Waals surface area contributed by atoms with Crippen LogP contribution in [0, 0.1) is 5.82 Å². The number of methoxy groups -OCH3 is 1. The van der Waals surface area contributed by atoms with Gasteiger partial charge in [-0.3, -0.25) is 0 Å². The number of nitrogens with zero attached hydrogens (tertiary/aromatic N) is 1. The van der Waals surface area contributed by atoms with Gasteiger partial charge in [0.2, 0.25) is 5.88 Å². The second-order valence-electron chi connectivity index (χ2n) is 3.67. The van der Waals surface area contributed by atoms with E-state index < -0.39 is 0 Å². The Balaban J connectivity index is 2.11. The summed E-state index contributed by atoms with van der Waals surface area (Å²) >= 11 is 3.29. The third kappa shape index (κ3) is 3.20. The molecule has 0 radical (unpaired) electrons. The minimum atomic E-state index is -0.218. The molecule has 2 rings (SSSR count). The number of anilines is 1. The molecule has 0 saturated heterocycles. The summed E-state index contributed by atoms with van der Waals surface area (Å²) in [6.45, 7) is 0.409. The van der Waals surface area contributed by atoms with Gasteiger partial charge in [-0.1, -0.05) is 18.2 Å². The molecule has 0 aliphatic rings. The van der Waals surface area contributed by atoms with E-state index in [2.05, 4.69) is 26.2 Å². The van der Waals surface area contributed by atoms with Crippen molar-refractivity contribution >= 4 is 21.6 Å². The largest absolute Gasteiger partial charge is 0.481 e. The Hall–Kier alpha value is -1.62. The standard InChI is InChI=1S/C13H12BrFN2O/c1-18-13-7-10(6-12(14)17-13)16-8-9-4-2-3-5-11(9)15/h2-7H,8H2,1H3,(H,16,17). The van der Waals surface area contributed by atoms with Crippen molar-refractivity contribution in [1.82, 2.24) is 4.98 Å². The first-order valence-electron chi connectivity index (χ1n) is 5.38. The third-order valence-electron chi connectivity index (χ3n) is 2.42. The molecule has 3 nitrogen and oxygen atoms in total. The molecule has 0 amide bonds. The van der Waals surface area contributed by atoms with Gasteiger partial charge in [0.25, 0.3) is 0 Å². The van der Waals surface area contributed by atoms with E-state index in [1.165, 1.54) is 6.07 Å². The van der Waals surface area contributed by atoms with Crippen LogP contribution in [0.5, 0.6) is 5.88 Å². The zero-order valence-electron chi connectivity index (χ0n) is 9.78. The highest BCUT2D eigenvalue weighted by Crippen LogP contribution is 2.21. The molecule has 0 unspecified atom stereocenters.